The van der Waals surface area contributed by atoms with Gasteiger partial charge in [0.1, 0.15) is 10.8 Å². The Morgan fingerprint density at radius 2 is 2.22 bits per heavy atom. The predicted molar refractivity (Wildman–Crippen MR) is 97.5 cm³/mol. The van der Waals surface area contributed by atoms with Crippen LogP contribution in [0.15, 0.2) is 18.2 Å². The molecule has 1 aromatic heterocycles. The number of ether oxygens (including phenoxy) is 1. The second-order valence-electron chi connectivity index (χ2n) is 6.65. The highest BCUT2D eigenvalue weighted by atomic mass is 35.5. The van der Waals surface area contributed by atoms with E-state index in [1.165, 1.54) is 35.5 Å². The Morgan fingerprint density at radius 1 is 1.35 bits per heavy atom. The number of hydrogen-bond acceptors (Lipinski definition) is 5. The molecular weight excluding hydrogens is 330 g/mol. The van der Waals surface area contributed by atoms with Gasteiger partial charge in [0.15, 0.2) is 0 Å². The fraction of sp³-hybridized carbons (Fsp3) is 0.588. The Kier molecular flexibility index (Phi) is 5.11. The van der Waals surface area contributed by atoms with Gasteiger partial charge in [-0.1, -0.05) is 6.42 Å². The van der Waals surface area contributed by atoms with E-state index in [1.807, 2.05) is 12.1 Å². The second-order valence-corrected chi connectivity index (χ2v) is 7.77. The molecule has 1 saturated carbocycles. The number of likely N-dealkylation sites (tertiary alicyclic amines) is 1. The Morgan fingerprint density at radius 3 is 3.00 bits per heavy atom. The summed E-state index contributed by atoms with van der Waals surface area (Å²) in [7, 11) is 1.71. The molecule has 2 aromatic rings. The van der Waals surface area contributed by atoms with Crippen molar-refractivity contribution in [2.45, 2.75) is 31.8 Å². The molecule has 4 rings (SSSR count). The molecule has 3 unspecified atom stereocenters. The Balaban J connectivity index is 0.00000156. The number of nitrogens with zero attached hydrogens (tertiary/aromatic N) is 2. The molecule has 0 amide bonds. The average molecular weight is 354 g/mol. The minimum Gasteiger partial charge on any atom is -0.497 e. The molecule has 0 spiro atoms. The van der Waals surface area contributed by atoms with E-state index in [-0.39, 0.29) is 12.4 Å². The van der Waals surface area contributed by atoms with Crippen LogP contribution in [-0.2, 0) is 6.54 Å². The first-order chi connectivity index (χ1) is 10.7. The largest absolute Gasteiger partial charge is 0.497 e. The van der Waals surface area contributed by atoms with Crippen molar-refractivity contribution in [3.63, 3.8) is 0 Å². The lowest BCUT2D eigenvalue weighted by molar-refractivity contribution is 0.259. The van der Waals surface area contributed by atoms with Crippen molar-refractivity contribution in [3.8, 4) is 5.75 Å². The maximum atomic E-state index is 6.32. The zero-order valence-corrected chi connectivity index (χ0v) is 15.0. The molecule has 6 heteroatoms. The van der Waals surface area contributed by atoms with Crippen LogP contribution in [0.3, 0.4) is 0 Å². The third-order valence-corrected chi connectivity index (χ3v) is 6.23. The zero-order chi connectivity index (χ0) is 15.1. The van der Waals surface area contributed by atoms with Gasteiger partial charge in [-0.15, -0.1) is 23.7 Å². The number of aromatic nitrogens is 1. The highest BCUT2D eigenvalue weighted by molar-refractivity contribution is 7.18. The molecule has 0 bridgehead atoms. The van der Waals surface area contributed by atoms with Crippen LogP contribution in [0.2, 0.25) is 0 Å². The minimum atomic E-state index is 0. The van der Waals surface area contributed by atoms with Crippen molar-refractivity contribution in [2.75, 3.05) is 20.2 Å². The van der Waals surface area contributed by atoms with Gasteiger partial charge < -0.3 is 10.5 Å². The molecule has 0 radical (unpaired) electrons. The SMILES string of the molecule is COc1ccc2nc(CN3CC4CCCC(N)C4C3)sc2c1.Cl. The van der Waals surface area contributed by atoms with E-state index in [2.05, 4.69) is 11.0 Å². The van der Waals surface area contributed by atoms with Crippen LogP contribution in [0.1, 0.15) is 24.3 Å². The minimum absolute atomic E-state index is 0. The smallest absolute Gasteiger partial charge is 0.120 e. The van der Waals surface area contributed by atoms with E-state index in [9.17, 15) is 0 Å². The molecule has 2 aliphatic rings. The molecule has 1 saturated heterocycles. The van der Waals surface area contributed by atoms with Crippen molar-refractivity contribution < 1.29 is 4.74 Å². The summed E-state index contributed by atoms with van der Waals surface area (Å²) in [6.45, 7) is 3.30. The number of halogens is 1. The second kappa shape index (κ2) is 6.93. The lowest BCUT2D eigenvalue weighted by Gasteiger charge is -2.29. The normalized spacial score (nSPS) is 27.7. The molecule has 4 nitrogen and oxygen atoms in total. The lowest BCUT2D eigenvalue weighted by Crippen LogP contribution is -2.38. The van der Waals surface area contributed by atoms with Crippen LogP contribution in [-0.4, -0.2) is 36.1 Å². The summed E-state index contributed by atoms with van der Waals surface area (Å²) in [5.74, 6) is 2.40. The van der Waals surface area contributed by atoms with Gasteiger partial charge in [-0.3, -0.25) is 4.90 Å². The van der Waals surface area contributed by atoms with Gasteiger partial charge in [0.25, 0.3) is 0 Å². The molecule has 1 aliphatic carbocycles. The first kappa shape index (κ1) is 17.0. The quantitative estimate of drug-likeness (QED) is 0.920. The van der Waals surface area contributed by atoms with Crippen molar-refractivity contribution >= 4 is 34.0 Å². The van der Waals surface area contributed by atoms with E-state index in [4.69, 9.17) is 15.5 Å². The monoisotopic (exact) mass is 353 g/mol. The lowest BCUT2D eigenvalue weighted by atomic mass is 9.78. The van der Waals surface area contributed by atoms with Crippen LogP contribution in [0.25, 0.3) is 10.2 Å². The van der Waals surface area contributed by atoms with Gasteiger partial charge in [0.05, 0.1) is 23.9 Å². The maximum absolute atomic E-state index is 6.32. The Hall–Kier alpha value is -0.880. The number of thiazole rings is 1. The van der Waals surface area contributed by atoms with Crippen LogP contribution < -0.4 is 10.5 Å². The molecule has 1 aromatic carbocycles. The van der Waals surface area contributed by atoms with E-state index in [0.29, 0.717) is 12.0 Å². The van der Waals surface area contributed by atoms with Gasteiger partial charge in [-0.25, -0.2) is 4.98 Å². The number of methoxy groups -OCH3 is 1. The molecule has 1 aliphatic heterocycles. The number of fused-ring (bicyclic) bond motifs is 2. The fourth-order valence-corrected chi connectivity index (χ4v) is 5.11. The molecule has 2 N–H and O–H groups in total. The number of nitrogens with two attached hydrogens (primary N) is 1. The van der Waals surface area contributed by atoms with E-state index in [1.54, 1.807) is 18.4 Å². The van der Waals surface area contributed by atoms with Crippen molar-refractivity contribution in [1.82, 2.24) is 9.88 Å². The first-order valence-electron chi connectivity index (χ1n) is 8.14. The molecule has 2 fully saturated rings. The van der Waals surface area contributed by atoms with Crippen LogP contribution >= 0.6 is 23.7 Å². The third-order valence-electron chi connectivity index (χ3n) is 5.23. The highest BCUT2D eigenvalue weighted by Gasteiger charge is 2.38. The summed E-state index contributed by atoms with van der Waals surface area (Å²) in [6, 6.07) is 6.52. The summed E-state index contributed by atoms with van der Waals surface area (Å²) in [4.78, 5) is 7.33. The van der Waals surface area contributed by atoms with Crippen molar-refractivity contribution in [3.05, 3.63) is 23.2 Å². The summed E-state index contributed by atoms with van der Waals surface area (Å²) in [5.41, 5.74) is 7.39. The summed E-state index contributed by atoms with van der Waals surface area (Å²) < 4.78 is 6.51. The first-order valence-corrected chi connectivity index (χ1v) is 8.96. The van der Waals surface area contributed by atoms with E-state index >= 15 is 0 Å². The van der Waals surface area contributed by atoms with Gasteiger partial charge in [-0.05, 0) is 42.9 Å². The van der Waals surface area contributed by atoms with E-state index < -0.39 is 0 Å². The molecule has 126 valence electrons. The fourth-order valence-electron chi connectivity index (χ4n) is 4.08. The maximum Gasteiger partial charge on any atom is 0.120 e. The van der Waals surface area contributed by atoms with Crippen molar-refractivity contribution in [2.24, 2.45) is 17.6 Å². The number of hydrogen-bond donors (Lipinski definition) is 1. The average Bonchev–Trinajstić information content (AvgIpc) is 3.10. The summed E-state index contributed by atoms with van der Waals surface area (Å²) in [6.07, 6.45) is 3.86. The van der Waals surface area contributed by atoms with E-state index in [0.717, 1.165) is 30.3 Å². The Bertz CT molecular complexity index is 677. The Labute approximate surface area is 147 Å². The van der Waals surface area contributed by atoms with Crippen LogP contribution in [0.5, 0.6) is 5.75 Å². The standard InChI is InChI=1S/C17H23N3OS.ClH/c1-21-12-5-6-15-16(7-12)22-17(19-15)10-20-8-11-3-2-4-14(18)13(11)9-20;/h5-7,11,13-14H,2-4,8-10,18H2,1H3;1H. The predicted octanol–water partition coefficient (Wildman–Crippen LogP) is 3.29. The van der Waals surface area contributed by atoms with Crippen LogP contribution in [0.4, 0.5) is 0 Å². The van der Waals surface area contributed by atoms with Gasteiger partial charge in [0.2, 0.25) is 0 Å². The zero-order valence-electron chi connectivity index (χ0n) is 13.4. The van der Waals surface area contributed by atoms with Gasteiger partial charge >= 0.3 is 0 Å². The molecule has 23 heavy (non-hydrogen) atoms. The number of benzene rings is 1. The molecule has 2 heterocycles. The summed E-state index contributed by atoms with van der Waals surface area (Å²) in [5, 5.41) is 1.20. The highest BCUT2D eigenvalue weighted by Crippen LogP contribution is 2.36. The third kappa shape index (κ3) is 3.33. The summed E-state index contributed by atoms with van der Waals surface area (Å²) >= 11 is 1.78. The number of rotatable bonds is 3. The van der Waals surface area contributed by atoms with Crippen molar-refractivity contribution in [1.29, 1.82) is 0 Å². The van der Waals surface area contributed by atoms with Gasteiger partial charge in [-0.2, -0.15) is 0 Å². The molecule has 3 atom stereocenters. The van der Waals surface area contributed by atoms with Crippen LogP contribution in [0, 0.1) is 11.8 Å². The topological polar surface area (TPSA) is 51.4 Å². The molecular formula is C17H24ClN3OS. The van der Waals surface area contributed by atoms with Gasteiger partial charge in [0, 0.05) is 19.1 Å².